The lowest BCUT2D eigenvalue weighted by molar-refractivity contribution is 0.0939. The number of nitrogens with zero attached hydrogens (tertiary/aromatic N) is 5. The lowest BCUT2D eigenvalue weighted by atomic mass is 9.99. The molecule has 9 heteroatoms. The van der Waals surface area contributed by atoms with Gasteiger partial charge in [0.1, 0.15) is 11.6 Å². The fraction of sp³-hybridized carbons (Fsp3) is 0.429. The van der Waals surface area contributed by atoms with Crippen molar-refractivity contribution in [3.63, 3.8) is 0 Å². The molecule has 1 aromatic carbocycles. The van der Waals surface area contributed by atoms with Gasteiger partial charge in [-0.15, -0.1) is 0 Å². The monoisotopic (exact) mass is 409 g/mol. The Morgan fingerprint density at radius 3 is 2.93 bits per heavy atom. The minimum absolute atomic E-state index is 0.218. The normalized spacial score (nSPS) is 16.6. The number of benzene rings is 1. The molecule has 30 heavy (non-hydrogen) atoms. The summed E-state index contributed by atoms with van der Waals surface area (Å²) in [4.78, 5) is 27.7. The van der Waals surface area contributed by atoms with Crippen LogP contribution in [-0.2, 0) is 6.54 Å². The number of imidazole rings is 1. The number of fused-ring (bicyclic) bond motifs is 1. The number of amides is 1. The van der Waals surface area contributed by atoms with Gasteiger partial charge < -0.3 is 14.2 Å². The third kappa shape index (κ3) is 3.93. The maximum atomic E-state index is 12.0. The minimum atomic E-state index is -0.454. The highest BCUT2D eigenvalue weighted by molar-refractivity contribution is 5.93. The average molecular weight is 409 g/mol. The number of carbonyl (C=O) groups is 1. The van der Waals surface area contributed by atoms with E-state index in [-0.39, 0.29) is 5.82 Å². The lowest BCUT2D eigenvalue weighted by Crippen LogP contribution is -2.38. The number of nitrogens with one attached hydrogen (secondary N) is 1. The summed E-state index contributed by atoms with van der Waals surface area (Å²) in [7, 11) is 0. The highest BCUT2D eigenvalue weighted by Gasteiger charge is 2.24. The second-order valence-electron chi connectivity index (χ2n) is 7.56. The van der Waals surface area contributed by atoms with Crippen LogP contribution < -0.4 is 20.9 Å². The zero-order chi connectivity index (χ0) is 21.1. The Hall–Kier alpha value is -3.20. The quantitative estimate of drug-likeness (QED) is 0.364. The van der Waals surface area contributed by atoms with Crippen LogP contribution >= 0.6 is 0 Å². The topological polar surface area (TPSA) is 111 Å². The molecule has 3 heterocycles. The number of hydrazine groups is 1. The van der Waals surface area contributed by atoms with Crippen molar-refractivity contribution in [3.05, 3.63) is 41.9 Å². The number of para-hydroxylation sites is 1. The molecule has 0 saturated carbocycles. The molecule has 1 aliphatic heterocycles. The number of ether oxygens (including phenoxy) is 1. The van der Waals surface area contributed by atoms with E-state index in [1.54, 1.807) is 10.8 Å². The van der Waals surface area contributed by atoms with E-state index in [1.165, 1.54) is 0 Å². The molecule has 0 radical (unpaired) electrons. The summed E-state index contributed by atoms with van der Waals surface area (Å²) >= 11 is 0. The molecule has 1 atom stereocenters. The van der Waals surface area contributed by atoms with Crippen LogP contribution in [0.2, 0.25) is 0 Å². The second-order valence-corrected chi connectivity index (χ2v) is 7.56. The van der Waals surface area contributed by atoms with E-state index in [9.17, 15) is 4.79 Å². The Morgan fingerprint density at radius 1 is 1.33 bits per heavy atom. The van der Waals surface area contributed by atoms with Crippen LogP contribution in [0, 0.1) is 12.8 Å². The number of anilines is 1. The average Bonchev–Trinajstić information content (AvgIpc) is 3.16. The van der Waals surface area contributed by atoms with Crippen molar-refractivity contribution < 1.29 is 9.53 Å². The first-order valence-electron chi connectivity index (χ1n) is 10.3. The second kappa shape index (κ2) is 8.66. The van der Waals surface area contributed by atoms with E-state index < -0.39 is 5.91 Å². The molecule has 3 aromatic rings. The van der Waals surface area contributed by atoms with Crippen molar-refractivity contribution in [2.45, 2.75) is 33.2 Å². The Morgan fingerprint density at radius 2 is 2.17 bits per heavy atom. The standard InChI is InChI=1S/C21H27N7O2/c1-3-28-19-18(25-20(28)21(29)26-22)23-11-17(24-19)27-10-6-8-15(12-27)13-30-16-9-5-4-7-14(16)2/h4-5,7,9,11,15H,3,6,8,10,12-13,22H2,1-2H3,(H,26,29). The van der Waals surface area contributed by atoms with Crippen LogP contribution in [0.5, 0.6) is 5.75 Å². The van der Waals surface area contributed by atoms with Gasteiger partial charge in [0.2, 0.25) is 5.82 Å². The van der Waals surface area contributed by atoms with Crippen molar-refractivity contribution in [1.82, 2.24) is 24.9 Å². The Kier molecular flexibility index (Phi) is 5.80. The third-order valence-corrected chi connectivity index (χ3v) is 5.51. The van der Waals surface area contributed by atoms with Gasteiger partial charge in [-0.25, -0.2) is 20.8 Å². The van der Waals surface area contributed by atoms with Crippen LogP contribution in [0.3, 0.4) is 0 Å². The third-order valence-electron chi connectivity index (χ3n) is 5.51. The summed E-state index contributed by atoms with van der Waals surface area (Å²) in [6.07, 6.45) is 3.91. The fourth-order valence-electron chi connectivity index (χ4n) is 3.91. The molecule has 9 nitrogen and oxygen atoms in total. The number of hydrogen-bond acceptors (Lipinski definition) is 7. The first-order chi connectivity index (χ1) is 14.6. The van der Waals surface area contributed by atoms with Crippen molar-refractivity contribution in [2.24, 2.45) is 11.8 Å². The smallest absolute Gasteiger partial charge is 0.301 e. The van der Waals surface area contributed by atoms with Crippen molar-refractivity contribution in [3.8, 4) is 5.75 Å². The summed E-state index contributed by atoms with van der Waals surface area (Å²) in [5.74, 6) is 7.18. The van der Waals surface area contributed by atoms with E-state index in [0.29, 0.717) is 30.4 Å². The van der Waals surface area contributed by atoms with Gasteiger partial charge in [-0.2, -0.15) is 0 Å². The molecule has 4 rings (SSSR count). The number of nitrogen functional groups attached to an aromatic ring is 1. The molecule has 158 valence electrons. The number of hydrogen-bond donors (Lipinski definition) is 2. The van der Waals surface area contributed by atoms with E-state index >= 15 is 0 Å². The maximum absolute atomic E-state index is 12.0. The molecular weight excluding hydrogens is 382 g/mol. The van der Waals surface area contributed by atoms with Gasteiger partial charge in [0.25, 0.3) is 0 Å². The molecule has 1 saturated heterocycles. The number of aromatic nitrogens is 4. The van der Waals surface area contributed by atoms with Crippen LogP contribution in [0.25, 0.3) is 11.3 Å². The zero-order valence-corrected chi connectivity index (χ0v) is 17.3. The fourth-order valence-corrected chi connectivity index (χ4v) is 3.91. The molecule has 1 unspecified atom stereocenters. The summed E-state index contributed by atoms with van der Waals surface area (Å²) in [5.41, 5.74) is 4.31. The van der Waals surface area contributed by atoms with Crippen LogP contribution in [0.1, 0.15) is 35.9 Å². The van der Waals surface area contributed by atoms with Gasteiger partial charge in [-0.1, -0.05) is 18.2 Å². The van der Waals surface area contributed by atoms with Gasteiger partial charge in [-0.05, 0) is 38.3 Å². The number of rotatable bonds is 6. The summed E-state index contributed by atoms with van der Waals surface area (Å²) in [6, 6.07) is 8.08. The first kappa shape index (κ1) is 20.1. The van der Waals surface area contributed by atoms with Gasteiger partial charge in [0, 0.05) is 25.6 Å². The predicted octanol–water partition coefficient (Wildman–Crippen LogP) is 2.05. The largest absolute Gasteiger partial charge is 0.493 e. The highest BCUT2D eigenvalue weighted by Crippen LogP contribution is 2.25. The van der Waals surface area contributed by atoms with E-state index in [2.05, 4.69) is 33.3 Å². The first-order valence-corrected chi connectivity index (χ1v) is 10.3. The molecule has 1 amide bonds. The minimum Gasteiger partial charge on any atom is -0.493 e. The van der Waals surface area contributed by atoms with Gasteiger partial charge in [-0.3, -0.25) is 10.2 Å². The number of piperidine rings is 1. The molecule has 1 aliphatic rings. The van der Waals surface area contributed by atoms with E-state index in [0.717, 1.165) is 43.1 Å². The van der Waals surface area contributed by atoms with E-state index in [4.69, 9.17) is 15.6 Å². The van der Waals surface area contributed by atoms with Gasteiger partial charge >= 0.3 is 5.91 Å². The van der Waals surface area contributed by atoms with Crippen molar-refractivity contribution >= 4 is 23.0 Å². The number of carbonyl (C=O) groups excluding carboxylic acids is 1. The Bertz CT molecular complexity index is 1050. The molecule has 0 bridgehead atoms. The number of nitrogens with two attached hydrogens (primary N) is 1. The molecule has 3 N–H and O–H groups in total. The Balaban J connectivity index is 1.51. The highest BCUT2D eigenvalue weighted by atomic mass is 16.5. The molecule has 0 aliphatic carbocycles. The van der Waals surface area contributed by atoms with Crippen molar-refractivity contribution in [2.75, 3.05) is 24.6 Å². The summed E-state index contributed by atoms with van der Waals surface area (Å²) in [6.45, 7) is 6.97. The van der Waals surface area contributed by atoms with Crippen LogP contribution in [0.4, 0.5) is 5.82 Å². The maximum Gasteiger partial charge on any atom is 0.301 e. The molecule has 1 fully saturated rings. The van der Waals surface area contributed by atoms with E-state index in [1.807, 2.05) is 25.1 Å². The van der Waals surface area contributed by atoms with Crippen LogP contribution in [-0.4, -0.2) is 45.1 Å². The molecular formula is C21H27N7O2. The number of aryl methyl sites for hydroxylation is 2. The SMILES string of the molecule is CCn1c(C(=O)NN)nc2ncc(N3CCCC(COc4ccccc4C)C3)nc21. The molecule has 0 spiro atoms. The van der Waals surface area contributed by atoms with Crippen molar-refractivity contribution in [1.29, 1.82) is 0 Å². The summed E-state index contributed by atoms with van der Waals surface area (Å²) in [5, 5.41) is 0. The molecule has 2 aromatic heterocycles. The van der Waals surface area contributed by atoms with Crippen LogP contribution in [0.15, 0.2) is 30.5 Å². The predicted molar refractivity (Wildman–Crippen MR) is 114 cm³/mol. The Labute approximate surface area is 175 Å². The summed E-state index contributed by atoms with van der Waals surface area (Å²) < 4.78 is 7.81. The van der Waals surface area contributed by atoms with Gasteiger partial charge in [0.05, 0.1) is 12.8 Å². The van der Waals surface area contributed by atoms with Gasteiger partial charge in [0.15, 0.2) is 11.3 Å². The lowest BCUT2D eigenvalue weighted by Gasteiger charge is -2.33. The zero-order valence-electron chi connectivity index (χ0n) is 17.3.